The molecule has 164 valence electrons. The summed E-state index contributed by atoms with van der Waals surface area (Å²) in [5.74, 6) is -0.126. The van der Waals surface area contributed by atoms with Gasteiger partial charge in [0.05, 0.1) is 5.56 Å². The number of amides is 1. The average Bonchev–Trinajstić information content (AvgIpc) is 2.84. The Labute approximate surface area is 192 Å². The maximum atomic E-state index is 13.1. The maximum Gasteiger partial charge on any atom is 0.308 e. The van der Waals surface area contributed by atoms with E-state index in [1.807, 2.05) is 84.9 Å². The van der Waals surface area contributed by atoms with E-state index in [1.54, 1.807) is 18.2 Å². The van der Waals surface area contributed by atoms with E-state index in [0.717, 1.165) is 16.7 Å². The van der Waals surface area contributed by atoms with E-state index in [0.29, 0.717) is 22.7 Å². The Morgan fingerprint density at radius 3 is 2.18 bits per heavy atom. The van der Waals surface area contributed by atoms with Gasteiger partial charge in [-0.1, -0.05) is 72.8 Å². The molecule has 1 N–H and O–H groups in total. The highest BCUT2D eigenvalue weighted by Crippen LogP contribution is 2.28. The quantitative estimate of drug-likeness (QED) is 0.280. The van der Waals surface area contributed by atoms with Crippen LogP contribution in [0, 0.1) is 0 Å². The fourth-order valence-electron chi connectivity index (χ4n) is 3.38. The Morgan fingerprint density at radius 1 is 0.758 bits per heavy atom. The third kappa shape index (κ3) is 5.86. The van der Waals surface area contributed by atoms with Crippen molar-refractivity contribution in [1.29, 1.82) is 0 Å². The molecule has 0 aliphatic carbocycles. The zero-order chi connectivity index (χ0) is 23.0. The second-order valence-electron chi connectivity index (χ2n) is 7.43. The van der Waals surface area contributed by atoms with Crippen LogP contribution < -0.4 is 14.8 Å². The van der Waals surface area contributed by atoms with Crippen molar-refractivity contribution in [2.45, 2.75) is 13.5 Å². The largest absolute Gasteiger partial charge is 0.488 e. The molecule has 5 heteroatoms. The first-order chi connectivity index (χ1) is 16.1. The molecule has 0 aliphatic rings. The molecule has 0 spiro atoms. The van der Waals surface area contributed by atoms with E-state index in [4.69, 9.17) is 9.47 Å². The van der Waals surface area contributed by atoms with Gasteiger partial charge in [0.1, 0.15) is 18.1 Å². The van der Waals surface area contributed by atoms with E-state index >= 15 is 0 Å². The number of benzene rings is 4. The van der Waals surface area contributed by atoms with Crippen LogP contribution in [0.4, 0.5) is 5.69 Å². The van der Waals surface area contributed by atoms with Crippen molar-refractivity contribution in [3.05, 3.63) is 114 Å². The summed E-state index contributed by atoms with van der Waals surface area (Å²) in [6, 6.07) is 31.9. The Kier molecular flexibility index (Phi) is 6.81. The fourth-order valence-corrected chi connectivity index (χ4v) is 3.38. The molecule has 4 aromatic carbocycles. The number of esters is 1. The second-order valence-corrected chi connectivity index (χ2v) is 7.43. The Bertz CT molecular complexity index is 1250. The summed E-state index contributed by atoms with van der Waals surface area (Å²) in [6.45, 7) is 1.60. The van der Waals surface area contributed by atoms with Gasteiger partial charge in [0.15, 0.2) is 0 Å². The Balaban J connectivity index is 1.57. The van der Waals surface area contributed by atoms with Gasteiger partial charge in [-0.3, -0.25) is 9.59 Å². The van der Waals surface area contributed by atoms with Crippen molar-refractivity contribution in [1.82, 2.24) is 0 Å². The lowest BCUT2D eigenvalue weighted by molar-refractivity contribution is -0.131. The highest BCUT2D eigenvalue weighted by atomic mass is 16.5. The molecule has 0 fully saturated rings. The summed E-state index contributed by atoms with van der Waals surface area (Å²) >= 11 is 0. The summed E-state index contributed by atoms with van der Waals surface area (Å²) in [6.07, 6.45) is 0. The number of hydrogen-bond acceptors (Lipinski definition) is 4. The predicted molar refractivity (Wildman–Crippen MR) is 128 cm³/mol. The van der Waals surface area contributed by atoms with Crippen molar-refractivity contribution in [3.8, 4) is 22.6 Å². The molecule has 0 unspecified atom stereocenters. The van der Waals surface area contributed by atoms with Crippen LogP contribution >= 0.6 is 0 Å². The van der Waals surface area contributed by atoms with E-state index < -0.39 is 5.97 Å². The third-order valence-electron chi connectivity index (χ3n) is 4.92. The van der Waals surface area contributed by atoms with Gasteiger partial charge >= 0.3 is 5.97 Å². The third-order valence-corrected chi connectivity index (χ3v) is 4.92. The van der Waals surface area contributed by atoms with Gasteiger partial charge in [0, 0.05) is 18.7 Å². The highest BCUT2D eigenvalue weighted by molar-refractivity contribution is 6.06. The molecule has 0 saturated carbocycles. The second kappa shape index (κ2) is 10.3. The summed E-state index contributed by atoms with van der Waals surface area (Å²) in [5.41, 5.74) is 4.02. The number of nitrogens with one attached hydrogen (secondary N) is 1. The minimum Gasteiger partial charge on any atom is -0.488 e. The molecular formula is C28H23NO4. The van der Waals surface area contributed by atoms with Crippen LogP contribution in [-0.4, -0.2) is 11.9 Å². The van der Waals surface area contributed by atoms with Crippen LogP contribution in [0.3, 0.4) is 0 Å². The topological polar surface area (TPSA) is 64.6 Å². The van der Waals surface area contributed by atoms with Gasteiger partial charge in [-0.25, -0.2) is 0 Å². The van der Waals surface area contributed by atoms with Crippen LogP contribution in [0.1, 0.15) is 22.8 Å². The van der Waals surface area contributed by atoms with E-state index in [1.165, 1.54) is 6.92 Å². The van der Waals surface area contributed by atoms with Crippen molar-refractivity contribution in [3.63, 3.8) is 0 Å². The Morgan fingerprint density at radius 2 is 1.45 bits per heavy atom. The lowest BCUT2D eigenvalue weighted by atomic mass is 10.1. The maximum absolute atomic E-state index is 13.1. The molecule has 33 heavy (non-hydrogen) atoms. The molecule has 0 bridgehead atoms. The van der Waals surface area contributed by atoms with Gasteiger partial charge < -0.3 is 14.8 Å². The van der Waals surface area contributed by atoms with Crippen molar-refractivity contribution >= 4 is 17.6 Å². The van der Waals surface area contributed by atoms with Crippen molar-refractivity contribution < 1.29 is 19.1 Å². The number of carbonyl (C=O) groups excluding carboxylic acids is 2. The summed E-state index contributed by atoms with van der Waals surface area (Å²) < 4.78 is 11.1. The van der Waals surface area contributed by atoms with Crippen LogP contribution in [0.25, 0.3) is 11.1 Å². The van der Waals surface area contributed by atoms with E-state index in [-0.39, 0.29) is 12.5 Å². The molecule has 0 heterocycles. The molecule has 0 aromatic heterocycles. The Hall–Kier alpha value is -4.38. The molecule has 0 radical (unpaired) electrons. The summed E-state index contributed by atoms with van der Waals surface area (Å²) in [4.78, 5) is 24.5. The molecule has 4 aromatic rings. The minimum absolute atomic E-state index is 0.272. The SMILES string of the molecule is CC(=O)Oc1ccc(C(=O)Nc2cccc(-c3ccccc3)c2)c(OCc2ccccc2)c1. The van der Waals surface area contributed by atoms with Crippen LogP contribution in [-0.2, 0) is 11.4 Å². The number of ether oxygens (including phenoxy) is 2. The summed E-state index contributed by atoms with van der Waals surface area (Å²) in [7, 11) is 0. The zero-order valence-electron chi connectivity index (χ0n) is 18.2. The van der Waals surface area contributed by atoms with Gasteiger partial charge in [0.2, 0.25) is 0 Å². The highest BCUT2D eigenvalue weighted by Gasteiger charge is 2.16. The lowest BCUT2D eigenvalue weighted by Gasteiger charge is -2.14. The van der Waals surface area contributed by atoms with Crippen LogP contribution in [0.2, 0.25) is 0 Å². The minimum atomic E-state index is -0.445. The smallest absolute Gasteiger partial charge is 0.308 e. The molecule has 0 atom stereocenters. The predicted octanol–water partition coefficient (Wildman–Crippen LogP) is 6.11. The van der Waals surface area contributed by atoms with Gasteiger partial charge in [-0.15, -0.1) is 0 Å². The zero-order valence-corrected chi connectivity index (χ0v) is 18.2. The van der Waals surface area contributed by atoms with Crippen molar-refractivity contribution in [2.24, 2.45) is 0 Å². The number of hydrogen-bond donors (Lipinski definition) is 1. The van der Waals surface area contributed by atoms with Gasteiger partial charge in [-0.2, -0.15) is 0 Å². The van der Waals surface area contributed by atoms with E-state index in [2.05, 4.69) is 5.32 Å². The lowest BCUT2D eigenvalue weighted by Crippen LogP contribution is -2.14. The standard InChI is InChI=1S/C28H23NO4/c1-20(30)33-25-15-16-26(27(18-25)32-19-21-9-4-2-5-10-21)28(31)29-24-14-8-13-23(17-24)22-11-6-3-7-12-22/h2-18H,19H2,1H3,(H,29,31). The number of carbonyl (C=O) groups is 2. The molecular weight excluding hydrogens is 414 g/mol. The van der Waals surface area contributed by atoms with Gasteiger partial charge in [-0.05, 0) is 41.0 Å². The molecule has 5 nitrogen and oxygen atoms in total. The molecule has 0 aliphatic heterocycles. The summed E-state index contributed by atoms with van der Waals surface area (Å²) in [5, 5.41) is 2.94. The average molecular weight is 437 g/mol. The first kappa shape index (κ1) is 21.8. The first-order valence-corrected chi connectivity index (χ1v) is 10.5. The first-order valence-electron chi connectivity index (χ1n) is 10.5. The van der Waals surface area contributed by atoms with E-state index in [9.17, 15) is 9.59 Å². The van der Waals surface area contributed by atoms with Crippen LogP contribution in [0.15, 0.2) is 103 Å². The monoisotopic (exact) mass is 437 g/mol. The molecule has 1 amide bonds. The van der Waals surface area contributed by atoms with Crippen LogP contribution in [0.5, 0.6) is 11.5 Å². The van der Waals surface area contributed by atoms with Gasteiger partial charge in [0.25, 0.3) is 5.91 Å². The number of rotatable bonds is 7. The molecule has 4 rings (SSSR count). The fraction of sp³-hybridized carbons (Fsp3) is 0.0714. The molecule has 0 saturated heterocycles. The van der Waals surface area contributed by atoms with Crippen molar-refractivity contribution in [2.75, 3.05) is 5.32 Å². The number of anilines is 1. The normalized spacial score (nSPS) is 10.3.